The summed E-state index contributed by atoms with van der Waals surface area (Å²) in [4.78, 5) is 12.0. The molecule has 86 valence electrons. The summed E-state index contributed by atoms with van der Waals surface area (Å²) in [6, 6.07) is 1.41. The van der Waals surface area contributed by atoms with Gasteiger partial charge in [0.2, 0.25) is 5.91 Å². The summed E-state index contributed by atoms with van der Waals surface area (Å²) in [6.07, 6.45) is 5.72. The van der Waals surface area contributed by atoms with Crippen molar-refractivity contribution < 1.29 is 4.79 Å². The summed E-state index contributed by atoms with van der Waals surface area (Å²) >= 11 is 0. The van der Waals surface area contributed by atoms with E-state index in [-0.39, 0.29) is 11.8 Å². The Kier molecular flexibility index (Phi) is 3.29. The van der Waals surface area contributed by atoms with Crippen LogP contribution in [0.25, 0.3) is 0 Å². The molecule has 2 bridgehead atoms. The zero-order valence-electron chi connectivity index (χ0n) is 9.75. The van der Waals surface area contributed by atoms with E-state index in [1.807, 2.05) is 0 Å². The SMILES string of the molecule is CCCC(C)NC(=O)C1CC2CCC1N2. The molecule has 0 aromatic rings. The van der Waals surface area contributed by atoms with Gasteiger partial charge in [0.15, 0.2) is 0 Å². The van der Waals surface area contributed by atoms with Crippen LogP contribution >= 0.6 is 0 Å². The minimum atomic E-state index is 0.239. The molecule has 2 saturated heterocycles. The molecule has 0 aromatic heterocycles. The van der Waals surface area contributed by atoms with Crippen LogP contribution in [0.3, 0.4) is 0 Å². The Morgan fingerprint density at radius 2 is 2.33 bits per heavy atom. The van der Waals surface area contributed by atoms with E-state index < -0.39 is 0 Å². The normalized spacial score (nSPS) is 35.5. The first-order valence-corrected chi connectivity index (χ1v) is 6.27. The zero-order valence-corrected chi connectivity index (χ0v) is 9.75. The van der Waals surface area contributed by atoms with Crippen molar-refractivity contribution in [3.63, 3.8) is 0 Å². The van der Waals surface area contributed by atoms with Gasteiger partial charge in [0.1, 0.15) is 0 Å². The fourth-order valence-corrected chi connectivity index (χ4v) is 2.97. The number of carbonyl (C=O) groups is 1. The Hall–Kier alpha value is -0.570. The van der Waals surface area contributed by atoms with Crippen molar-refractivity contribution >= 4 is 5.91 Å². The van der Waals surface area contributed by atoms with Crippen LogP contribution in [0.15, 0.2) is 0 Å². The molecule has 0 radical (unpaired) electrons. The lowest BCUT2D eigenvalue weighted by molar-refractivity contribution is -0.126. The summed E-state index contributed by atoms with van der Waals surface area (Å²) in [5.41, 5.74) is 0. The molecule has 0 aliphatic carbocycles. The van der Waals surface area contributed by atoms with Crippen LogP contribution in [0.2, 0.25) is 0 Å². The van der Waals surface area contributed by atoms with Gasteiger partial charge >= 0.3 is 0 Å². The van der Waals surface area contributed by atoms with Crippen molar-refractivity contribution in [3.05, 3.63) is 0 Å². The van der Waals surface area contributed by atoms with Crippen molar-refractivity contribution in [3.8, 4) is 0 Å². The third kappa shape index (κ3) is 2.33. The average Bonchev–Trinajstić information content (AvgIpc) is 2.78. The molecule has 15 heavy (non-hydrogen) atoms. The molecule has 0 saturated carbocycles. The van der Waals surface area contributed by atoms with E-state index in [0.717, 1.165) is 19.3 Å². The lowest BCUT2D eigenvalue weighted by Gasteiger charge is -2.22. The third-order valence-electron chi connectivity index (χ3n) is 3.75. The van der Waals surface area contributed by atoms with Crippen LogP contribution in [-0.4, -0.2) is 24.0 Å². The average molecular weight is 210 g/mol. The smallest absolute Gasteiger partial charge is 0.224 e. The predicted molar refractivity (Wildman–Crippen MR) is 60.6 cm³/mol. The maximum Gasteiger partial charge on any atom is 0.224 e. The van der Waals surface area contributed by atoms with E-state index in [0.29, 0.717) is 18.1 Å². The van der Waals surface area contributed by atoms with Crippen LogP contribution in [0.1, 0.15) is 46.0 Å². The van der Waals surface area contributed by atoms with Crippen LogP contribution in [0, 0.1) is 5.92 Å². The molecule has 2 N–H and O–H groups in total. The van der Waals surface area contributed by atoms with Gasteiger partial charge in [-0.05, 0) is 32.6 Å². The van der Waals surface area contributed by atoms with Gasteiger partial charge < -0.3 is 10.6 Å². The molecule has 4 atom stereocenters. The molecular formula is C12H22N2O. The van der Waals surface area contributed by atoms with E-state index in [4.69, 9.17) is 0 Å². The molecule has 2 aliphatic rings. The second kappa shape index (κ2) is 4.52. The third-order valence-corrected chi connectivity index (χ3v) is 3.75. The van der Waals surface area contributed by atoms with E-state index in [2.05, 4.69) is 24.5 Å². The van der Waals surface area contributed by atoms with E-state index in [9.17, 15) is 4.79 Å². The molecule has 1 amide bonds. The monoisotopic (exact) mass is 210 g/mol. The van der Waals surface area contributed by atoms with Crippen molar-refractivity contribution in [2.24, 2.45) is 5.92 Å². The summed E-state index contributed by atoms with van der Waals surface area (Å²) in [5.74, 6) is 0.513. The quantitative estimate of drug-likeness (QED) is 0.737. The number of nitrogens with one attached hydrogen (secondary N) is 2. The van der Waals surface area contributed by atoms with E-state index >= 15 is 0 Å². The highest BCUT2D eigenvalue weighted by molar-refractivity contribution is 5.80. The molecule has 4 unspecified atom stereocenters. The molecule has 2 aliphatic heterocycles. The van der Waals surface area contributed by atoms with Crippen LogP contribution in [0.4, 0.5) is 0 Å². The fourth-order valence-electron chi connectivity index (χ4n) is 2.97. The van der Waals surface area contributed by atoms with Crippen molar-refractivity contribution in [1.29, 1.82) is 0 Å². The minimum Gasteiger partial charge on any atom is -0.353 e. The fraction of sp³-hybridized carbons (Fsp3) is 0.917. The Morgan fingerprint density at radius 1 is 1.53 bits per heavy atom. The molecule has 2 rings (SSSR count). The largest absolute Gasteiger partial charge is 0.353 e. The number of hydrogen-bond donors (Lipinski definition) is 2. The van der Waals surface area contributed by atoms with Gasteiger partial charge in [-0.25, -0.2) is 0 Å². The van der Waals surface area contributed by atoms with Crippen molar-refractivity contribution in [2.45, 2.75) is 64.1 Å². The lowest BCUT2D eigenvalue weighted by Crippen LogP contribution is -2.41. The highest BCUT2D eigenvalue weighted by Crippen LogP contribution is 2.33. The van der Waals surface area contributed by atoms with Crippen LogP contribution < -0.4 is 10.6 Å². The lowest BCUT2D eigenvalue weighted by atomic mass is 9.88. The number of hydrogen-bond acceptors (Lipinski definition) is 2. The van der Waals surface area contributed by atoms with Gasteiger partial charge in [0.05, 0.1) is 5.92 Å². The van der Waals surface area contributed by atoms with E-state index in [1.54, 1.807) is 0 Å². The topological polar surface area (TPSA) is 41.1 Å². The summed E-state index contributed by atoms with van der Waals surface area (Å²) in [7, 11) is 0. The number of fused-ring (bicyclic) bond motifs is 2. The Labute approximate surface area is 92.0 Å². The minimum absolute atomic E-state index is 0.239. The highest BCUT2D eigenvalue weighted by atomic mass is 16.2. The van der Waals surface area contributed by atoms with Gasteiger partial charge in [0.25, 0.3) is 0 Å². The Bertz CT molecular complexity index is 242. The second-order valence-corrected chi connectivity index (χ2v) is 5.09. The maximum atomic E-state index is 12.0. The van der Waals surface area contributed by atoms with Crippen molar-refractivity contribution in [1.82, 2.24) is 10.6 Å². The second-order valence-electron chi connectivity index (χ2n) is 5.09. The van der Waals surface area contributed by atoms with Gasteiger partial charge in [-0.2, -0.15) is 0 Å². The molecule has 3 nitrogen and oxygen atoms in total. The highest BCUT2D eigenvalue weighted by Gasteiger charge is 2.42. The van der Waals surface area contributed by atoms with Gasteiger partial charge in [0, 0.05) is 18.1 Å². The summed E-state index contributed by atoms with van der Waals surface area (Å²) < 4.78 is 0. The molecule has 2 fully saturated rings. The predicted octanol–water partition coefficient (Wildman–Crippen LogP) is 1.43. The molecule has 3 heteroatoms. The zero-order chi connectivity index (χ0) is 10.8. The first-order chi connectivity index (χ1) is 7.20. The van der Waals surface area contributed by atoms with E-state index in [1.165, 1.54) is 12.8 Å². The summed E-state index contributed by atoms with van der Waals surface area (Å²) in [5, 5.41) is 6.63. The maximum absolute atomic E-state index is 12.0. The summed E-state index contributed by atoms with van der Waals surface area (Å²) in [6.45, 7) is 4.25. The first kappa shape index (κ1) is 10.9. The number of amides is 1. The van der Waals surface area contributed by atoms with Crippen LogP contribution in [0.5, 0.6) is 0 Å². The van der Waals surface area contributed by atoms with Gasteiger partial charge in [-0.1, -0.05) is 13.3 Å². The molecule has 2 heterocycles. The van der Waals surface area contributed by atoms with Crippen molar-refractivity contribution in [2.75, 3.05) is 0 Å². The Morgan fingerprint density at radius 3 is 2.87 bits per heavy atom. The molecule has 0 spiro atoms. The number of carbonyl (C=O) groups excluding carboxylic acids is 1. The molecular weight excluding hydrogens is 188 g/mol. The Balaban J connectivity index is 1.81. The van der Waals surface area contributed by atoms with Crippen LogP contribution in [-0.2, 0) is 4.79 Å². The first-order valence-electron chi connectivity index (χ1n) is 6.27. The standard InChI is InChI=1S/C12H22N2O/c1-3-4-8(2)13-12(15)10-7-9-5-6-11(10)14-9/h8-11,14H,3-7H2,1-2H3,(H,13,15). The van der Waals surface area contributed by atoms with Gasteiger partial charge in [-0.3, -0.25) is 4.79 Å². The van der Waals surface area contributed by atoms with Gasteiger partial charge in [-0.15, -0.1) is 0 Å². The number of rotatable bonds is 4. The molecule has 0 aromatic carbocycles.